The number of methoxy groups -OCH3 is 1. The zero-order valence-corrected chi connectivity index (χ0v) is 11.6. The SMILES string of the molecule is COCC(=O)NC1CCCN(C(=O)CCC(C)=O)C1. The van der Waals surface area contributed by atoms with E-state index in [1.165, 1.54) is 14.0 Å². The third-order valence-corrected chi connectivity index (χ3v) is 3.11. The van der Waals surface area contributed by atoms with Gasteiger partial charge in [-0.3, -0.25) is 9.59 Å². The Morgan fingerprint density at radius 3 is 2.68 bits per heavy atom. The van der Waals surface area contributed by atoms with Crippen molar-refractivity contribution in [3.63, 3.8) is 0 Å². The van der Waals surface area contributed by atoms with Crippen LogP contribution in [0, 0.1) is 0 Å². The van der Waals surface area contributed by atoms with Gasteiger partial charge in [-0.05, 0) is 19.8 Å². The topological polar surface area (TPSA) is 75.7 Å². The van der Waals surface area contributed by atoms with Gasteiger partial charge in [-0.15, -0.1) is 0 Å². The van der Waals surface area contributed by atoms with E-state index in [-0.39, 0.29) is 43.1 Å². The molecule has 0 saturated carbocycles. The summed E-state index contributed by atoms with van der Waals surface area (Å²) < 4.78 is 4.75. The van der Waals surface area contributed by atoms with Crippen LogP contribution in [-0.2, 0) is 19.1 Å². The average molecular weight is 270 g/mol. The predicted molar refractivity (Wildman–Crippen MR) is 69.5 cm³/mol. The highest BCUT2D eigenvalue weighted by Gasteiger charge is 2.24. The summed E-state index contributed by atoms with van der Waals surface area (Å²) in [6, 6.07) is -0.0160. The van der Waals surface area contributed by atoms with Crippen molar-refractivity contribution in [1.82, 2.24) is 10.2 Å². The number of ketones is 1. The van der Waals surface area contributed by atoms with Gasteiger partial charge in [0.05, 0.1) is 0 Å². The molecule has 108 valence electrons. The van der Waals surface area contributed by atoms with Crippen molar-refractivity contribution in [2.75, 3.05) is 26.8 Å². The molecule has 1 atom stereocenters. The Hall–Kier alpha value is -1.43. The molecule has 0 spiro atoms. The Balaban J connectivity index is 2.38. The summed E-state index contributed by atoms with van der Waals surface area (Å²) in [5.41, 5.74) is 0. The minimum Gasteiger partial charge on any atom is -0.375 e. The summed E-state index contributed by atoms with van der Waals surface area (Å²) >= 11 is 0. The van der Waals surface area contributed by atoms with Crippen LogP contribution in [0.1, 0.15) is 32.6 Å². The first kappa shape index (κ1) is 15.6. The largest absolute Gasteiger partial charge is 0.375 e. The molecule has 6 nitrogen and oxygen atoms in total. The number of Topliss-reactive ketones (excluding diaryl/α,β-unsaturated/α-hetero) is 1. The molecule has 1 aliphatic rings. The molecule has 1 rings (SSSR count). The number of nitrogens with one attached hydrogen (secondary N) is 1. The zero-order chi connectivity index (χ0) is 14.3. The van der Waals surface area contributed by atoms with Gasteiger partial charge in [0.2, 0.25) is 11.8 Å². The molecular weight excluding hydrogens is 248 g/mol. The average Bonchev–Trinajstić information content (AvgIpc) is 2.36. The number of carbonyl (C=O) groups is 3. The van der Waals surface area contributed by atoms with Crippen LogP contribution < -0.4 is 5.32 Å². The van der Waals surface area contributed by atoms with E-state index in [0.717, 1.165) is 12.8 Å². The van der Waals surface area contributed by atoms with Crippen LogP contribution >= 0.6 is 0 Å². The third kappa shape index (κ3) is 5.83. The summed E-state index contributed by atoms with van der Waals surface area (Å²) in [6.45, 7) is 2.74. The van der Waals surface area contributed by atoms with E-state index in [2.05, 4.69) is 5.32 Å². The van der Waals surface area contributed by atoms with E-state index < -0.39 is 0 Å². The molecule has 1 heterocycles. The summed E-state index contributed by atoms with van der Waals surface area (Å²) in [4.78, 5) is 35.9. The second-order valence-electron chi connectivity index (χ2n) is 4.88. The van der Waals surface area contributed by atoms with Crippen molar-refractivity contribution in [3.05, 3.63) is 0 Å². The Morgan fingerprint density at radius 1 is 1.32 bits per heavy atom. The maximum atomic E-state index is 11.9. The quantitative estimate of drug-likeness (QED) is 0.743. The Kier molecular flexibility index (Phi) is 6.49. The molecule has 1 aliphatic heterocycles. The maximum Gasteiger partial charge on any atom is 0.246 e. The maximum absolute atomic E-state index is 11.9. The van der Waals surface area contributed by atoms with Gasteiger partial charge in [0.1, 0.15) is 12.4 Å². The highest BCUT2D eigenvalue weighted by molar-refractivity contribution is 5.83. The predicted octanol–water partition coefficient (Wildman–Crippen LogP) is 0.109. The highest BCUT2D eigenvalue weighted by Crippen LogP contribution is 2.12. The second kappa shape index (κ2) is 7.89. The highest BCUT2D eigenvalue weighted by atomic mass is 16.5. The molecule has 0 radical (unpaired) electrons. The molecule has 1 fully saturated rings. The van der Waals surface area contributed by atoms with Gasteiger partial charge in [-0.2, -0.15) is 0 Å². The van der Waals surface area contributed by atoms with E-state index in [1.807, 2.05) is 0 Å². The van der Waals surface area contributed by atoms with E-state index in [9.17, 15) is 14.4 Å². The van der Waals surface area contributed by atoms with Crippen LogP contribution in [0.25, 0.3) is 0 Å². The number of hydrogen-bond acceptors (Lipinski definition) is 4. The zero-order valence-electron chi connectivity index (χ0n) is 11.6. The molecule has 2 amide bonds. The van der Waals surface area contributed by atoms with Crippen molar-refractivity contribution in [2.24, 2.45) is 0 Å². The molecule has 1 saturated heterocycles. The first-order valence-electron chi connectivity index (χ1n) is 6.58. The fourth-order valence-electron chi connectivity index (χ4n) is 2.16. The molecule has 1 N–H and O–H groups in total. The Morgan fingerprint density at radius 2 is 2.05 bits per heavy atom. The van der Waals surface area contributed by atoms with Crippen LogP contribution in [0.2, 0.25) is 0 Å². The minimum absolute atomic E-state index is 0.0131. The number of amides is 2. The molecule has 0 aliphatic carbocycles. The van der Waals surface area contributed by atoms with Crippen molar-refractivity contribution in [1.29, 1.82) is 0 Å². The second-order valence-corrected chi connectivity index (χ2v) is 4.88. The van der Waals surface area contributed by atoms with Crippen LogP contribution in [-0.4, -0.2) is 55.3 Å². The Bertz CT molecular complexity index is 344. The molecule has 1 unspecified atom stereocenters. The smallest absolute Gasteiger partial charge is 0.246 e. The monoisotopic (exact) mass is 270 g/mol. The summed E-state index contributed by atoms with van der Waals surface area (Å²) in [6.07, 6.45) is 2.28. The lowest BCUT2D eigenvalue weighted by Crippen LogP contribution is -2.50. The van der Waals surface area contributed by atoms with Crippen molar-refractivity contribution >= 4 is 17.6 Å². The number of piperidine rings is 1. The molecule has 0 aromatic carbocycles. The van der Waals surface area contributed by atoms with Gasteiger partial charge in [0, 0.05) is 39.1 Å². The third-order valence-electron chi connectivity index (χ3n) is 3.11. The van der Waals surface area contributed by atoms with Crippen LogP contribution in [0.5, 0.6) is 0 Å². The number of likely N-dealkylation sites (tertiary alicyclic amines) is 1. The van der Waals surface area contributed by atoms with Crippen molar-refractivity contribution in [3.8, 4) is 0 Å². The number of ether oxygens (including phenoxy) is 1. The fourth-order valence-corrected chi connectivity index (χ4v) is 2.16. The van der Waals surface area contributed by atoms with E-state index in [0.29, 0.717) is 13.1 Å². The number of rotatable bonds is 6. The van der Waals surface area contributed by atoms with Crippen LogP contribution in [0.15, 0.2) is 0 Å². The number of carbonyl (C=O) groups excluding carboxylic acids is 3. The summed E-state index contributed by atoms with van der Waals surface area (Å²) in [7, 11) is 1.47. The first-order chi connectivity index (χ1) is 9.02. The van der Waals surface area contributed by atoms with Crippen molar-refractivity contribution in [2.45, 2.75) is 38.6 Å². The number of hydrogen-bond donors (Lipinski definition) is 1. The van der Waals surface area contributed by atoms with E-state index in [1.54, 1.807) is 4.90 Å². The van der Waals surface area contributed by atoms with Gasteiger partial charge >= 0.3 is 0 Å². The first-order valence-corrected chi connectivity index (χ1v) is 6.58. The van der Waals surface area contributed by atoms with Gasteiger partial charge < -0.3 is 19.7 Å². The van der Waals surface area contributed by atoms with Crippen molar-refractivity contribution < 1.29 is 19.1 Å². The lowest BCUT2D eigenvalue weighted by Gasteiger charge is -2.33. The minimum atomic E-state index is -0.162. The van der Waals surface area contributed by atoms with Crippen LogP contribution in [0.3, 0.4) is 0 Å². The fraction of sp³-hybridized carbons (Fsp3) is 0.769. The summed E-state index contributed by atoms with van der Waals surface area (Å²) in [5.74, 6) is -0.151. The van der Waals surface area contributed by atoms with Gasteiger partial charge in [0.15, 0.2) is 0 Å². The molecule has 19 heavy (non-hydrogen) atoms. The van der Waals surface area contributed by atoms with Gasteiger partial charge in [-0.1, -0.05) is 0 Å². The molecule has 6 heteroatoms. The lowest BCUT2D eigenvalue weighted by atomic mass is 10.0. The molecular formula is C13H22N2O4. The normalized spacial score (nSPS) is 19.1. The number of nitrogens with zero attached hydrogens (tertiary/aromatic N) is 1. The lowest BCUT2D eigenvalue weighted by molar-refractivity contribution is -0.135. The van der Waals surface area contributed by atoms with Gasteiger partial charge in [0.25, 0.3) is 0 Å². The van der Waals surface area contributed by atoms with Crippen LogP contribution in [0.4, 0.5) is 0 Å². The van der Waals surface area contributed by atoms with E-state index >= 15 is 0 Å². The molecule has 0 aromatic heterocycles. The molecule has 0 aromatic rings. The molecule has 0 bridgehead atoms. The summed E-state index contributed by atoms with van der Waals surface area (Å²) in [5, 5.41) is 2.84. The van der Waals surface area contributed by atoms with E-state index in [4.69, 9.17) is 4.74 Å². The van der Waals surface area contributed by atoms with Gasteiger partial charge in [-0.25, -0.2) is 0 Å². The standard InChI is InChI=1S/C13H22N2O4/c1-10(16)5-6-13(18)15-7-3-4-11(8-15)14-12(17)9-19-2/h11H,3-9H2,1-2H3,(H,14,17). The Labute approximate surface area is 113 Å².